The van der Waals surface area contributed by atoms with E-state index in [2.05, 4.69) is 218 Å². The molecule has 2 aliphatic rings. The van der Waals surface area contributed by atoms with Crippen molar-refractivity contribution in [2.45, 2.75) is 115 Å². The molecule has 0 radical (unpaired) electrons. The van der Waals surface area contributed by atoms with Gasteiger partial charge in [0.1, 0.15) is 0 Å². The lowest BCUT2D eigenvalue weighted by Gasteiger charge is -2.31. The van der Waals surface area contributed by atoms with Crippen LogP contribution < -0.4 is 0 Å². The molecule has 378 valence electrons. The molecule has 0 aliphatic heterocycles. The fourth-order valence-corrected chi connectivity index (χ4v) is 11.1. The molecule has 9 rings (SSSR count). The standard InChI is InChI=1S/C31H24.C17H26S.C8H12.2C7H8.C2H6/c1-5-21-20(4)18-29-30(22(21)6-2)25-16-15-19(3)17-28(25)31(29)26-13-9-7-11-23(26)24-12-8-10-14-27(24)31;1-7-10-11-15-13(6)18-16(9-3)17(15)14(8-2)12(4)5;1-4-7-8(5-2)6-3;2*1-7-5-3-2-4-6-7;1-2/h5-18H,1-2H2,3-4H3;8,10-12H,7,9H2,1-6H3;4-5,7H,1-2,6H2,3H3;2*2-6H,1H3;1-2H3/b;11-10-,14-8-;8-7+;;;. The van der Waals surface area contributed by atoms with Crippen LogP contribution in [0.5, 0.6) is 0 Å². The lowest BCUT2D eigenvalue weighted by molar-refractivity contribution is 0.791. The first-order valence-corrected chi connectivity index (χ1v) is 27.3. The minimum absolute atomic E-state index is 0.300. The third-order valence-electron chi connectivity index (χ3n) is 13.4. The molecule has 0 unspecified atom stereocenters. The normalized spacial score (nSPS) is 12.1. The van der Waals surface area contributed by atoms with Crippen molar-refractivity contribution in [3.63, 3.8) is 0 Å². The average molecular weight is 982 g/mol. The smallest absolute Gasteiger partial charge is 0.0725 e. The number of hydrogen-bond donors (Lipinski definition) is 0. The Labute approximate surface area is 447 Å². The minimum Gasteiger partial charge on any atom is -0.144 e. The van der Waals surface area contributed by atoms with E-state index in [1.807, 2.05) is 85.9 Å². The van der Waals surface area contributed by atoms with Crippen LogP contribution in [-0.2, 0) is 11.8 Å². The van der Waals surface area contributed by atoms with E-state index in [1.165, 1.54) is 110 Å². The Bertz CT molecular complexity index is 2930. The molecular formula is C72H84S. The molecular weight excluding hydrogens is 897 g/mol. The topological polar surface area (TPSA) is 0 Å². The van der Waals surface area contributed by atoms with Crippen LogP contribution in [0.15, 0.2) is 196 Å². The van der Waals surface area contributed by atoms with Crippen molar-refractivity contribution < 1.29 is 0 Å². The van der Waals surface area contributed by atoms with E-state index < -0.39 is 0 Å². The molecule has 0 fully saturated rings. The Morgan fingerprint density at radius 1 is 0.589 bits per heavy atom. The second-order valence-electron chi connectivity index (χ2n) is 18.5. The maximum absolute atomic E-state index is 4.20. The average Bonchev–Trinajstić information content (AvgIpc) is 4.00. The van der Waals surface area contributed by atoms with Crippen molar-refractivity contribution in [1.82, 2.24) is 0 Å². The first kappa shape index (κ1) is 58.8. The molecule has 73 heavy (non-hydrogen) atoms. The van der Waals surface area contributed by atoms with Gasteiger partial charge in [0.2, 0.25) is 0 Å². The first-order valence-electron chi connectivity index (χ1n) is 26.5. The van der Waals surface area contributed by atoms with Gasteiger partial charge in [-0.05, 0) is 150 Å². The Morgan fingerprint density at radius 2 is 1.12 bits per heavy atom. The van der Waals surface area contributed by atoms with E-state index in [4.69, 9.17) is 0 Å². The maximum Gasteiger partial charge on any atom is 0.0725 e. The maximum atomic E-state index is 4.20. The van der Waals surface area contributed by atoms with E-state index >= 15 is 0 Å². The summed E-state index contributed by atoms with van der Waals surface area (Å²) in [5.41, 5.74) is 23.7. The van der Waals surface area contributed by atoms with Gasteiger partial charge in [-0.15, -0.1) is 11.3 Å². The first-order chi connectivity index (χ1) is 35.3. The van der Waals surface area contributed by atoms with Gasteiger partial charge in [-0.25, -0.2) is 0 Å². The monoisotopic (exact) mass is 981 g/mol. The summed E-state index contributed by atoms with van der Waals surface area (Å²) in [6, 6.07) is 47.7. The van der Waals surface area contributed by atoms with Crippen LogP contribution in [0.3, 0.4) is 0 Å². The van der Waals surface area contributed by atoms with Crippen LogP contribution in [0.1, 0.15) is 145 Å². The number of aryl methyl sites for hydroxylation is 6. The highest BCUT2D eigenvalue weighted by atomic mass is 32.1. The van der Waals surface area contributed by atoms with E-state index in [-0.39, 0.29) is 5.41 Å². The lowest BCUT2D eigenvalue weighted by atomic mass is 9.70. The number of fused-ring (bicyclic) bond motifs is 10. The zero-order valence-electron chi connectivity index (χ0n) is 46.8. The minimum atomic E-state index is -0.300. The summed E-state index contributed by atoms with van der Waals surface area (Å²) in [4.78, 5) is 2.98. The number of rotatable bonds is 10. The summed E-state index contributed by atoms with van der Waals surface area (Å²) in [7, 11) is 0. The quantitative estimate of drug-likeness (QED) is 0.120. The Morgan fingerprint density at radius 3 is 1.53 bits per heavy atom. The Hall–Kier alpha value is -6.80. The predicted octanol–water partition coefficient (Wildman–Crippen LogP) is 21.7. The van der Waals surface area contributed by atoms with E-state index in [0.29, 0.717) is 5.92 Å². The van der Waals surface area contributed by atoms with Crippen LogP contribution in [0.4, 0.5) is 0 Å². The van der Waals surface area contributed by atoms with Crippen LogP contribution in [0, 0.1) is 40.5 Å². The van der Waals surface area contributed by atoms with Crippen molar-refractivity contribution in [2.24, 2.45) is 5.92 Å². The molecule has 0 atom stereocenters. The van der Waals surface area contributed by atoms with Gasteiger partial charge in [0, 0.05) is 9.75 Å². The summed E-state index contributed by atoms with van der Waals surface area (Å²) in [6.45, 7) is 43.6. The fourth-order valence-electron chi connectivity index (χ4n) is 10.0. The van der Waals surface area contributed by atoms with Crippen LogP contribution in [-0.4, -0.2) is 0 Å². The molecule has 0 amide bonds. The molecule has 0 nitrogen and oxygen atoms in total. The fraction of sp³-hybridized carbons (Fsp3) is 0.250. The van der Waals surface area contributed by atoms with Crippen molar-refractivity contribution >= 4 is 35.1 Å². The summed E-state index contributed by atoms with van der Waals surface area (Å²) in [5.74, 6) is 0.586. The molecule has 0 saturated heterocycles. The zero-order chi connectivity index (χ0) is 53.7. The predicted molar refractivity (Wildman–Crippen MR) is 331 cm³/mol. The summed E-state index contributed by atoms with van der Waals surface area (Å²) in [6.07, 6.45) is 19.7. The molecule has 1 heterocycles. The van der Waals surface area contributed by atoms with E-state index in [1.54, 1.807) is 6.08 Å². The SMILES string of the molecule is C/C=C(\c1c(CC)sc(C)c1/C=C\CC)C(C)C.C=C/C=C(\C=C)CC.C=Cc1c(C)cc2c(c1C=C)-c1ccc(C)cc1C21c2ccccc2-c2ccccc21.CC.Cc1ccccc1.Cc1ccccc1. The third-order valence-corrected chi connectivity index (χ3v) is 14.6. The summed E-state index contributed by atoms with van der Waals surface area (Å²) in [5, 5.41) is 0. The zero-order valence-corrected chi connectivity index (χ0v) is 47.6. The molecule has 0 saturated carbocycles. The van der Waals surface area contributed by atoms with Gasteiger partial charge < -0.3 is 0 Å². The van der Waals surface area contributed by atoms with Crippen molar-refractivity contribution in [3.8, 4) is 22.3 Å². The third kappa shape index (κ3) is 13.4. The molecule has 1 aromatic heterocycles. The van der Waals surface area contributed by atoms with Gasteiger partial charge in [0.05, 0.1) is 5.41 Å². The van der Waals surface area contributed by atoms with Crippen molar-refractivity contribution in [3.05, 3.63) is 272 Å². The number of allylic oxidation sites excluding steroid dienone is 7. The molecule has 0 N–H and O–H groups in total. The van der Waals surface area contributed by atoms with Crippen LogP contribution >= 0.6 is 11.3 Å². The van der Waals surface area contributed by atoms with Crippen molar-refractivity contribution in [2.75, 3.05) is 0 Å². The van der Waals surface area contributed by atoms with E-state index in [0.717, 1.165) is 19.3 Å². The molecule has 6 aromatic carbocycles. The van der Waals surface area contributed by atoms with Gasteiger partial charge in [-0.2, -0.15) is 0 Å². The molecule has 0 bridgehead atoms. The highest BCUT2D eigenvalue weighted by Crippen LogP contribution is 2.64. The molecule has 2 aliphatic carbocycles. The molecule has 7 aromatic rings. The molecule has 1 heteroatoms. The van der Waals surface area contributed by atoms with Gasteiger partial charge in [0.15, 0.2) is 0 Å². The van der Waals surface area contributed by atoms with Crippen LogP contribution in [0.25, 0.3) is 46.1 Å². The summed E-state index contributed by atoms with van der Waals surface area (Å²) >= 11 is 1.96. The highest BCUT2D eigenvalue weighted by Gasteiger charge is 2.52. The highest BCUT2D eigenvalue weighted by molar-refractivity contribution is 7.12. The van der Waals surface area contributed by atoms with E-state index in [9.17, 15) is 0 Å². The lowest BCUT2D eigenvalue weighted by Crippen LogP contribution is -2.26. The summed E-state index contributed by atoms with van der Waals surface area (Å²) < 4.78 is 0. The van der Waals surface area contributed by atoms with Gasteiger partial charge in [0.25, 0.3) is 0 Å². The number of thiophene rings is 1. The van der Waals surface area contributed by atoms with Gasteiger partial charge in [-0.1, -0.05) is 274 Å². The van der Waals surface area contributed by atoms with Crippen LogP contribution in [0.2, 0.25) is 0 Å². The van der Waals surface area contributed by atoms with Gasteiger partial charge in [-0.3, -0.25) is 0 Å². The second kappa shape index (κ2) is 29.0. The Balaban J connectivity index is 0.000000231. The second-order valence-corrected chi connectivity index (χ2v) is 19.8. The number of benzene rings is 6. The Kier molecular flexibility index (Phi) is 23.4. The largest absolute Gasteiger partial charge is 0.144 e. The molecule has 1 spiro atoms. The van der Waals surface area contributed by atoms with Gasteiger partial charge >= 0.3 is 0 Å². The van der Waals surface area contributed by atoms with Crippen molar-refractivity contribution in [1.29, 1.82) is 0 Å². The number of hydrogen-bond acceptors (Lipinski definition) is 1.